The summed E-state index contributed by atoms with van der Waals surface area (Å²) in [5, 5.41) is 0. The van der Waals surface area contributed by atoms with Gasteiger partial charge >= 0.3 is 17.9 Å². The van der Waals surface area contributed by atoms with Gasteiger partial charge in [-0.05, 0) is 44.9 Å². The van der Waals surface area contributed by atoms with Crippen LogP contribution in [0.2, 0.25) is 0 Å². The van der Waals surface area contributed by atoms with Crippen molar-refractivity contribution in [3.8, 4) is 0 Å². The lowest BCUT2D eigenvalue weighted by atomic mass is 10.0. The smallest absolute Gasteiger partial charge is 0.306 e. The molecule has 0 aromatic rings. The first kappa shape index (κ1) is 74.9. The second-order valence-corrected chi connectivity index (χ2v) is 23.8. The summed E-state index contributed by atoms with van der Waals surface area (Å²) in [6.07, 6.45) is 80.7. The maximum atomic E-state index is 12.9. The van der Waals surface area contributed by atoms with Crippen LogP contribution in [0, 0.1) is 0 Å². The van der Waals surface area contributed by atoms with Crippen molar-refractivity contribution in [3.05, 3.63) is 24.3 Å². The first-order chi connectivity index (χ1) is 38.0. The van der Waals surface area contributed by atoms with Gasteiger partial charge in [-0.25, -0.2) is 0 Å². The van der Waals surface area contributed by atoms with Crippen molar-refractivity contribution in [3.63, 3.8) is 0 Å². The summed E-state index contributed by atoms with van der Waals surface area (Å²) in [7, 11) is 0. The van der Waals surface area contributed by atoms with Gasteiger partial charge in [0.25, 0.3) is 0 Å². The number of unbranched alkanes of at least 4 members (excludes halogenated alkanes) is 50. The number of ether oxygens (including phenoxy) is 3. The lowest BCUT2D eigenvalue weighted by Gasteiger charge is -2.18. The Labute approximate surface area is 481 Å². The van der Waals surface area contributed by atoms with Gasteiger partial charge in [-0.2, -0.15) is 0 Å². The van der Waals surface area contributed by atoms with Crippen LogP contribution in [0.5, 0.6) is 0 Å². The highest BCUT2D eigenvalue weighted by Gasteiger charge is 2.19. The molecule has 0 saturated carbocycles. The van der Waals surface area contributed by atoms with Gasteiger partial charge in [0.2, 0.25) is 0 Å². The van der Waals surface area contributed by atoms with Crippen LogP contribution in [0.3, 0.4) is 0 Å². The Balaban J connectivity index is 4.18. The summed E-state index contributed by atoms with van der Waals surface area (Å²) in [6, 6.07) is 0. The van der Waals surface area contributed by atoms with Gasteiger partial charge in [-0.3, -0.25) is 14.4 Å². The van der Waals surface area contributed by atoms with Gasteiger partial charge < -0.3 is 14.2 Å². The third-order valence-electron chi connectivity index (χ3n) is 16.0. The fraction of sp³-hybridized carbons (Fsp3) is 0.901. The van der Waals surface area contributed by atoms with Crippen molar-refractivity contribution in [2.24, 2.45) is 0 Å². The molecule has 6 heteroatoms. The molecule has 0 saturated heterocycles. The molecule has 0 bridgehead atoms. The molecule has 1 atom stereocenters. The molecule has 0 N–H and O–H groups in total. The van der Waals surface area contributed by atoms with Gasteiger partial charge in [0.15, 0.2) is 6.10 Å². The minimum atomic E-state index is -0.773. The molecule has 454 valence electrons. The summed E-state index contributed by atoms with van der Waals surface area (Å²) >= 11 is 0. The Morgan fingerprint density at radius 3 is 0.753 bits per heavy atom. The van der Waals surface area contributed by atoms with Crippen LogP contribution < -0.4 is 0 Å². The SMILES string of the molecule is CCCC/C=C\C/C=C\CCCCCCCC(=O)OCC(COC(=O)CCCCCCCCCCCCCCCCCCCCCCCCCCCCCC)OC(=O)CCCCCCCCCCCCCCCCCCC. The zero-order valence-electron chi connectivity index (χ0n) is 52.3. The van der Waals surface area contributed by atoms with Crippen LogP contribution in [0.25, 0.3) is 0 Å². The number of esters is 3. The Morgan fingerprint density at radius 1 is 0.260 bits per heavy atom. The van der Waals surface area contributed by atoms with Crippen LogP contribution in [0.1, 0.15) is 393 Å². The molecule has 0 aliphatic rings. The Bertz CT molecular complexity index is 1240. The van der Waals surface area contributed by atoms with Gasteiger partial charge in [-0.15, -0.1) is 0 Å². The molecule has 0 amide bonds. The average Bonchev–Trinajstić information content (AvgIpc) is 3.43. The second-order valence-electron chi connectivity index (χ2n) is 23.8. The van der Waals surface area contributed by atoms with Crippen LogP contribution >= 0.6 is 0 Å². The van der Waals surface area contributed by atoms with E-state index in [2.05, 4.69) is 45.1 Å². The minimum Gasteiger partial charge on any atom is -0.462 e. The van der Waals surface area contributed by atoms with E-state index in [0.29, 0.717) is 19.3 Å². The van der Waals surface area contributed by atoms with Crippen LogP contribution in [-0.2, 0) is 28.6 Å². The molecule has 77 heavy (non-hydrogen) atoms. The molecule has 1 unspecified atom stereocenters. The molecule has 0 spiro atoms. The standard InChI is InChI=1S/C71H134O6/c1-4-7-10-13-16-19-22-25-28-30-31-32-33-34-35-36-37-38-39-40-42-43-46-49-52-55-58-61-64-70(73)76-67-68(66-75-69(72)63-60-57-54-51-48-45-27-24-21-18-15-12-9-6-3)77-71(74)65-62-59-56-53-50-47-44-41-29-26-23-20-17-14-11-8-5-2/h15,18,24,27,68H,4-14,16-17,19-23,25-26,28-67H2,1-3H3/b18-15-,27-24-. The van der Waals surface area contributed by atoms with Crippen LogP contribution in [0.15, 0.2) is 24.3 Å². The highest BCUT2D eigenvalue weighted by atomic mass is 16.6. The van der Waals surface area contributed by atoms with Crippen LogP contribution in [0.4, 0.5) is 0 Å². The molecule has 0 heterocycles. The van der Waals surface area contributed by atoms with E-state index in [0.717, 1.165) is 77.0 Å². The van der Waals surface area contributed by atoms with Crippen molar-refractivity contribution in [2.45, 2.75) is 399 Å². The Kier molecular flexibility index (Phi) is 64.6. The van der Waals surface area contributed by atoms with Gasteiger partial charge in [0.05, 0.1) is 0 Å². The first-order valence-corrected chi connectivity index (χ1v) is 34.8. The number of carbonyl (C=O) groups is 3. The van der Waals surface area contributed by atoms with E-state index in [1.165, 1.54) is 276 Å². The number of rotatable bonds is 65. The van der Waals surface area contributed by atoms with Gasteiger partial charge in [0, 0.05) is 19.3 Å². The van der Waals surface area contributed by atoms with Crippen molar-refractivity contribution < 1.29 is 28.6 Å². The minimum absolute atomic E-state index is 0.0694. The van der Waals surface area contributed by atoms with E-state index in [1.54, 1.807) is 0 Å². The Morgan fingerprint density at radius 2 is 0.481 bits per heavy atom. The zero-order chi connectivity index (χ0) is 55.7. The van der Waals surface area contributed by atoms with Crippen molar-refractivity contribution in [1.82, 2.24) is 0 Å². The van der Waals surface area contributed by atoms with E-state index in [4.69, 9.17) is 14.2 Å². The second kappa shape index (κ2) is 66.4. The summed E-state index contributed by atoms with van der Waals surface area (Å²) < 4.78 is 17.0. The van der Waals surface area contributed by atoms with E-state index in [-0.39, 0.29) is 31.1 Å². The third-order valence-corrected chi connectivity index (χ3v) is 16.0. The largest absolute Gasteiger partial charge is 0.462 e. The quantitative estimate of drug-likeness (QED) is 0.0261. The third kappa shape index (κ3) is 64.6. The molecule has 0 aromatic heterocycles. The molecule has 0 rings (SSSR count). The van der Waals surface area contributed by atoms with E-state index < -0.39 is 6.10 Å². The highest BCUT2D eigenvalue weighted by Crippen LogP contribution is 2.19. The predicted molar refractivity (Wildman–Crippen MR) is 335 cm³/mol. The lowest BCUT2D eigenvalue weighted by molar-refractivity contribution is -0.167. The monoisotopic (exact) mass is 1080 g/mol. The van der Waals surface area contributed by atoms with Crippen molar-refractivity contribution in [1.29, 1.82) is 0 Å². The summed E-state index contributed by atoms with van der Waals surface area (Å²) in [5.41, 5.74) is 0. The normalized spacial score (nSPS) is 12.1. The lowest BCUT2D eigenvalue weighted by Crippen LogP contribution is -2.30. The molecule has 0 radical (unpaired) electrons. The van der Waals surface area contributed by atoms with Gasteiger partial charge in [-0.1, -0.05) is 353 Å². The molecular formula is C71H134O6. The number of hydrogen-bond acceptors (Lipinski definition) is 6. The fourth-order valence-electron chi connectivity index (χ4n) is 10.7. The number of hydrogen-bond donors (Lipinski definition) is 0. The fourth-order valence-corrected chi connectivity index (χ4v) is 10.7. The van der Waals surface area contributed by atoms with E-state index >= 15 is 0 Å². The molecule has 0 aliphatic carbocycles. The summed E-state index contributed by atoms with van der Waals surface area (Å²) in [5.74, 6) is -0.853. The predicted octanol–water partition coefficient (Wildman–Crippen LogP) is 23.8. The van der Waals surface area contributed by atoms with E-state index in [1.807, 2.05) is 0 Å². The molecule has 6 nitrogen and oxygen atoms in total. The molecular weight excluding hydrogens is 949 g/mol. The van der Waals surface area contributed by atoms with E-state index in [9.17, 15) is 14.4 Å². The van der Waals surface area contributed by atoms with Crippen LogP contribution in [-0.4, -0.2) is 37.2 Å². The number of allylic oxidation sites excluding steroid dienone is 4. The Hall–Kier alpha value is -2.11. The first-order valence-electron chi connectivity index (χ1n) is 34.8. The van der Waals surface area contributed by atoms with Gasteiger partial charge in [0.1, 0.15) is 13.2 Å². The average molecular weight is 1080 g/mol. The topological polar surface area (TPSA) is 78.9 Å². The number of carbonyl (C=O) groups excluding carboxylic acids is 3. The maximum absolute atomic E-state index is 12.9. The maximum Gasteiger partial charge on any atom is 0.306 e. The van der Waals surface area contributed by atoms with Crippen molar-refractivity contribution in [2.75, 3.05) is 13.2 Å². The zero-order valence-corrected chi connectivity index (χ0v) is 52.3. The summed E-state index contributed by atoms with van der Waals surface area (Å²) in [4.78, 5) is 38.4. The molecule has 0 aliphatic heterocycles. The molecule has 0 fully saturated rings. The highest BCUT2D eigenvalue weighted by molar-refractivity contribution is 5.71. The van der Waals surface area contributed by atoms with Crippen molar-refractivity contribution >= 4 is 17.9 Å². The molecule has 0 aromatic carbocycles. The summed E-state index contributed by atoms with van der Waals surface area (Å²) in [6.45, 7) is 6.67.